The summed E-state index contributed by atoms with van der Waals surface area (Å²) in [6.45, 7) is 0. The van der Waals surface area contributed by atoms with Crippen molar-refractivity contribution in [3.63, 3.8) is 0 Å². The molecule has 8 aromatic rings. The van der Waals surface area contributed by atoms with Gasteiger partial charge in [-0.25, -0.2) is 4.99 Å². The van der Waals surface area contributed by atoms with Crippen LogP contribution in [0.15, 0.2) is 175 Å². The molecule has 52 heavy (non-hydrogen) atoms. The van der Waals surface area contributed by atoms with Gasteiger partial charge in [-0.05, 0) is 78.8 Å². The first kappa shape index (κ1) is 30.4. The first-order valence-electron chi connectivity index (χ1n) is 18.0. The monoisotopic (exact) mass is 671 g/mol. The van der Waals surface area contributed by atoms with E-state index in [1.807, 2.05) is 0 Å². The SMILES string of the molecule is CN1c2ccccc2NC1c1ccc2cc(-c3c(C4NC(c5ccccc5)=NC(c5ccccc5)N4)c4ccccc4c4ccccc34)ccc2c1. The third-order valence-electron chi connectivity index (χ3n) is 10.7. The number of anilines is 2. The number of amidine groups is 1. The van der Waals surface area contributed by atoms with Gasteiger partial charge in [0.15, 0.2) is 0 Å². The van der Waals surface area contributed by atoms with Gasteiger partial charge in [0.1, 0.15) is 24.3 Å². The number of fused-ring (bicyclic) bond motifs is 5. The molecule has 2 aliphatic rings. The summed E-state index contributed by atoms with van der Waals surface area (Å²) in [5, 5.41) is 18.9. The molecule has 5 nitrogen and oxygen atoms in total. The summed E-state index contributed by atoms with van der Waals surface area (Å²) < 4.78 is 0. The van der Waals surface area contributed by atoms with Crippen LogP contribution in [0.4, 0.5) is 11.4 Å². The van der Waals surface area contributed by atoms with Crippen LogP contribution in [0.2, 0.25) is 0 Å². The Balaban J connectivity index is 1.14. The van der Waals surface area contributed by atoms with Gasteiger partial charge in [-0.1, -0.05) is 146 Å². The van der Waals surface area contributed by atoms with E-state index in [4.69, 9.17) is 4.99 Å². The summed E-state index contributed by atoms with van der Waals surface area (Å²) in [5.41, 5.74) is 9.44. The molecule has 10 rings (SSSR count). The van der Waals surface area contributed by atoms with Crippen LogP contribution in [0.5, 0.6) is 0 Å². The van der Waals surface area contributed by atoms with Gasteiger partial charge in [-0.3, -0.25) is 5.32 Å². The number of para-hydroxylation sites is 2. The highest BCUT2D eigenvalue weighted by atomic mass is 15.3. The molecule has 2 heterocycles. The summed E-state index contributed by atoms with van der Waals surface area (Å²) in [7, 11) is 2.16. The zero-order chi connectivity index (χ0) is 34.6. The molecule has 0 amide bonds. The van der Waals surface area contributed by atoms with Crippen molar-refractivity contribution in [3.8, 4) is 11.1 Å². The summed E-state index contributed by atoms with van der Waals surface area (Å²) in [5.74, 6) is 0.875. The lowest BCUT2D eigenvalue weighted by Crippen LogP contribution is -2.45. The fourth-order valence-electron chi connectivity index (χ4n) is 8.22. The van der Waals surface area contributed by atoms with Gasteiger partial charge < -0.3 is 15.5 Å². The average Bonchev–Trinajstić information content (AvgIpc) is 3.56. The Kier molecular flexibility index (Phi) is 7.25. The summed E-state index contributed by atoms with van der Waals surface area (Å²) in [6.07, 6.45) is -0.380. The molecule has 3 unspecified atom stereocenters. The maximum absolute atomic E-state index is 5.23. The van der Waals surface area contributed by atoms with Crippen molar-refractivity contribution < 1.29 is 0 Å². The quantitative estimate of drug-likeness (QED) is 0.159. The zero-order valence-electron chi connectivity index (χ0n) is 28.8. The lowest BCUT2D eigenvalue weighted by atomic mass is 9.85. The molecule has 0 fully saturated rings. The Bertz CT molecular complexity index is 2650. The third-order valence-corrected chi connectivity index (χ3v) is 10.7. The topological polar surface area (TPSA) is 51.7 Å². The molecular formula is C47H37N5. The molecule has 8 aromatic carbocycles. The van der Waals surface area contributed by atoms with E-state index < -0.39 is 0 Å². The highest BCUT2D eigenvalue weighted by molar-refractivity contribution is 6.16. The van der Waals surface area contributed by atoms with Gasteiger partial charge in [0.05, 0.1) is 11.4 Å². The van der Waals surface area contributed by atoms with Crippen molar-refractivity contribution in [2.24, 2.45) is 4.99 Å². The maximum atomic E-state index is 5.23. The Morgan fingerprint density at radius 1 is 0.519 bits per heavy atom. The van der Waals surface area contributed by atoms with Crippen molar-refractivity contribution >= 4 is 49.5 Å². The lowest BCUT2D eigenvalue weighted by molar-refractivity contribution is 0.412. The van der Waals surface area contributed by atoms with E-state index in [1.165, 1.54) is 65.9 Å². The molecular weight excluding hydrogens is 635 g/mol. The Morgan fingerprint density at radius 2 is 1.15 bits per heavy atom. The highest BCUT2D eigenvalue weighted by Crippen LogP contribution is 2.44. The first-order valence-corrected chi connectivity index (χ1v) is 18.0. The van der Waals surface area contributed by atoms with E-state index in [0.29, 0.717) is 0 Å². The van der Waals surface area contributed by atoms with Crippen LogP contribution in [-0.2, 0) is 0 Å². The molecule has 3 atom stereocenters. The molecule has 2 aliphatic heterocycles. The minimum absolute atomic E-state index is 0.0824. The molecule has 0 saturated heterocycles. The largest absolute Gasteiger partial charge is 0.360 e. The van der Waals surface area contributed by atoms with E-state index in [-0.39, 0.29) is 18.5 Å². The molecule has 0 aliphatic carbocycles. The number of rotatable bonds is 5. The van der Waals surface area contributed by atoms with Gasteiger partial charge in [-0.15, -0.1) is 0 Å². The van der Waals surface area contributed by atoms with E-state index >= 15 is 0 Å². The van der Waals surface area contributed by atoms with Gasteiger partial charge in [0, 0.05) is 18.2 Å². The highest BCUT2D eigenvalue weighted by Gasteiger charge is 2.30. The maximum Gasteiger partial charge on any atom is 0.131 e. The van der Waals surface area contributed by atoms with Crippen LogP contribution in [-0.4, -0.2) is 12.9 Å². The molecule has 0 radical (unpaired) electrons. The van der Waals surface area contributed by atoms with Gasteiger partial charge in [-0.2, -0.15) is 0 Å². The number of hydrogen-bond acceptors (Lipinski definition) is 5. The fraction of sp³-hybridized carbons (Fsp3) is 0.0851. The smallest absolute Gasteiger partial charge is 0.131 e. The number of benzene rings is 8. The van der Waals surface area contributed by atoms with E-state index in [9.17, 15) is 0 Å². The molecule has 0 bridgehead atoms. The second kappa shape index (κ2) is 12.4. The Hall–Kier alpha value is -6.43. The van der Waals surface area contributed by atoms with E-state index in [1.54, 1.807) is 0 Å². The van der Waals surface area contributed by atoms with Crippen molar-refractivity contribution in [3.05, 3.63) is 192 Å². The molecule has 0 spiro atoms. The number of aliphatic imine (C=N–C) groups is 1. The minimum Gasteiger partial charge on any atom is -0.360 e. The van der Waals surface area contributed by atoms with Gasteiger partial charge in [0.2, 0.25) is 0 Å². The van der Waals surface area contributed by atoms with Crippen molar-refractivity contribution in [2.75, 3.05) is 17.3 Å². The van der Waals surface area contributed by atoms with Crippen LogP contribution in [0, 0.1) is 0 Å². The van der Waals surface area contributed by atoms with Crippen molar-refractivity contribution in [1.29, 1.82) is 0 Å². The van der Waals surface area contributed by atoms with E-state index in [0.717, 1.165) is 17.0 Å². The van der Waals surface area contributed by atoms with Gasteiger partial charge in [0.25, 0.3) is 0 Å². The second-order valence-corrected chi connectivity index (χ2v) is 13.8. The Morgan fingerprint density at radius 3 is 1.94 bits per heavy atom. The lowest BCUT2D eigenvalue weighted by Gasteiger charge is -2.34. The average molecular weight is 672 g/mol. The van der Waals surface area contributed by atoms with Crippen LogP contribution in [0.3, 0.4) is 0 Å². The van der Waals surface area contributed by atoms with Crippen LogP contribution in [0.1, 0.15) is 40.8 Å². The first-order chi connectivity index (χ1) is 25.7. The molecule has 3 N–H and O–H groups in total. The standard InChI is InChI=1S/C47H37N5/c1-52-41-23-13-12-22-40(41)48-47(52)35-27-25-32-28-34(26-24-33(32)29-35)42-38-20-10-8-18-36(38)37-19-9-11-21-39(37)43(42)46-50-44(30-14-4-2-5-15-30)49-45(51-46)31-16-6-3-7-17-31/h2-29,44,46-48,50H,1H3,(H,49,51). The number of nitrogens with zero attached hydrogens (tertiary/aromatic N) is 2. The Labute approximate surface area is 303 Å². The summed E-state index contributed by atoms with van der Waals surface area (Å²) in [4.78, 5) is 7.55. The predicted octanol–water partition coefficient (Wildman–Crippen LogP) is 10.7. The van der Waals surface area contributed by atoms with Gasteiger partial charge >= 0.3 is 0 Å². The normalized spacial score (nSPS) is 18.2. The molecule has 0 aromatic heterocycles. The van der Waals surface area contributed by atoms with Crippen LogP contribution >= 0.6 is 0 Å². The number of hydrogen-bond donors (Lipinski definition) is 3. The summed E-state index contributed by atoms with van der Waals surface area (Å²) >= 11 is 0. The molecule has 5 heteroatoms. The second-order valence-electron chi connectivity index (χ2n) is 13.8. The molecule has 0 saturated carbocycles. The molecule has 250 valence electrons. The number of nitrogens with one attached hydrogen (secondary N) is 3. The zero-order valence-corrected chi connectivity index (χ0v) is 28.8. The van der Waals surface area contributed by atoms with Crippen molar-refractivity contribution in [2.45, 2.75) is 18.5 Å². The van der Waals surface area contributed by atoms with Crippen LogP contribution in [0.25, 0.3) is 43.4 Å². The minimum atomic E-state index is -0.232. The van der Waals surface area contributed by atoms with E-state index in [2.05, 4.69) is 198 Å². The van der Waals surface area contributed by atoms with Crippen LogP contribution < -0.4 is 20.9 Å². The fourth-order valence-corrected chi connectivity index (χ4v) is 8.22. The predicted molar refractivity (Wildman–Crippen MR) is 217 cm³/mol. The summed E-state index contributed by atoms with van der Waals surface area (Å²) in [6, 6.07) is 61.0. The van der Waals surface area contributed by atoms with Crippen molar-refractivity contribution in [1.82, 2.24) is 10.6 Å². The third kappa shape index (κ3) is 5.09.